The van der Waals surface area contributed by atoms with Gasteiger partial charge in [0.25, 0.3) is 0 Å². The van der Waals surface area contributed by atoms with Crippen LogP contribution in [0.1, 0.15) is 11.3 Å². The number of benzene rings is 1. The van der Waals surface area contributed by atoms with Crippen molar-refractivity contribution in [2.75, 3.05) is 13.7 Å². The van der Waals surface area contributed by atoms with E-state index >= 15 is 0 Å². The van der Waals surface area contributed by atoms with E-state index in [1.54, 1.807) is 7.11 Å². The van der Waals surface area contributed by atoms with Crippen LogP contribution in [-0.2, 0) is 17.6 Å². The number of rotatable bonds is 7. The number of aromatic amines is 1. The van der Waals surface area contributed by atoms with Crippen molar-refractivity contribution in [3.05, 3.63) is 47.2 Å². The molecule has 0 radical (unpaired) electrons. The molecule has 8 heteroatoms. The van der Waals surface area contributed by atoms with Crippen LogP contribution in [0.3, 0.4) is 0 Å². The van der Waals surface area contributed by atoms with E-state index < -0.39 is 0 Å². The van der Waals surface area contributed by atoms with Crippen molar-refractivity contribution < 1.29 is 9.53 Å². The molecule has 2 N–H and O–H groups in total. The molecule has 3 rings (SSSR count). The molecule has 0 aliphatic carbocycles. The summed E-state index contributed by atoms with van der Waals surface area (Å²) in [6, 6.07) is 7.79. The Kier molecular flexibility index (Phi) is 5.17. The molecule has 0 saturated carbocycles. The van der Waals surface area contributed by atoms with Crippen LogP contribution in [0.25, 0.3) is 10.8 Å². The highest BCUT2D eigenvalue weighted by Gasteiger charge is 2.10. The molecular weight excluding hydrogens is 326 g/mol. The van der Waals surface area contributed by atoms with Crippen molar-refractivity contribution in [1.29, 1.82) is 0 Å². The van der Waals surface area contributed by atoms with Crippen molar-refractivity contribution in [3.8, 4) is 16.6 Å². The molecule has 2 aromatic heterocycles. The number of methoxy groups -OCH3 is 1. The summed E-state index contributed by atoms with van der Waals surface area (Å²) >= 11 is 1.43. The van der Waals surface area contributed by atoms with E-state index in [0.29, 0.717) is 12.4 Å². The van der Waals surface area contributed by atoms with Gasteiger partial charge in [-0.05, 0) is 18.1 Å². The minimum Gasteiger partial charge on any atom is -0.496 e. The number of carbonyl (C=O) groups is 1. The molecule has 0 bridgehead atoms. The summed E-state index contributed by atoms with van der Waals surface area (Å²) in [7, 11) is 1.64. The van der Waals surface area contributed by atoms with Gasteiger partial charge in [-0.15, -0.1) is 11.3 Å². The van der Waals surface area contributed by atoms with Gasteiger partial charge in [0.05, 0.1) is 19.2 Å². The van der Waals surface area contributed by atoms with Crippen LogP contribution in [0, 0.1) is 0 Å². The molecule has 1 aromatic carbocycles. The van der Waals surface area contributed by atoms with Gasteiger partial charge in [0.2, 0.25) is 5.91 Å². The third kappa shape index (κ3) is 3.96. The van der Waals surface area contributed by atoms with Crippen LogP contribution in [0.5, 0.6) is 5.75 Å². The zero-order valence-corrected chi connectivity index (χ0v) is 14.0. The first-order valence-electron chi connectivity index (χ1n) is 7.45. The lowest BCUT2D eigenvalue weighted by molar-refractivity contribution is -0.120. The summed E-state index contributed by atoms with van der Waals surface area (Å²) in [6.45, 7) is 0.554. The molecule has 0 fully saturated rings. The van der Waals surface area contributed by atoms with Gasteiger partial charge in [-0.25, -0.2) is 9.97 Å². The molecule has 0 unspecified atom stereocenters. The number of ether oxygens (including phenoxy) is 1. The van der Waals surface area contributed by atoms with Crippen LogP contribution in [0.2, 0.25) is 0 Å². The van der Waals surface area contributed by atoms with Gasteiger partial charge in [-0.1, -0.05) is 18.2 Å². The number of para-hydroxylation sites is 1. The number of H-pyrrole nitrogens is 1. The fourth-order valence-corrected chi connectivity index (χ4v) is 3.04. The Labute approximate surface area is 143 Å². The van der Waals surface area contributed by atoms with Crippen LogP contribution >= 0.6 is 11.3 Å². The van der Waals surface area contributed by atoms with Gasteiger partial charge in [-0.2, -0.15) is 5.10 Å². The summed E-state index contributed by atoms with van der Waals surface area (Å²) < 4.78 is 5.30. The Morgan fingerprint density at radius 1 is 1.38 bits per heavy atom. The molecule has 0 saturated heterocycles. The summed E-state index contributed by atoms with van der Waals surface area (Å²) in [5, 5.41) is 12.0. The van der Waals surface area contributed by atoms with Gasteiger partial charge in [0.1, 0.15) is 12.1 Å². The fraction of sp³-hybridized carbons (Fsp3) is 0.250. The summed E-state index contributed by atoms with van der Waals surface area (Å²) in [5.74, 6) is 1.39. The average molecular weight is 343 g/mol. The predicted molar refractivity (Wildman–Crippen MR) is 90.9 cm³/mol. The third-order valence-electron chi connectivity index (χ3n) is 3.42. The second kappa shape index (κ2) is 7.69. The normalized spacial score (nSPS) is 10.5. The van der Waals surface area contributed by atoms with Gasteiger partial charge in [0.15, 0.2) is 10.8 Å². The summed E-state index contributed by atoms with van der Waals surface area (Å²) in [6.07, 6.45) is 2.40. The summed E-state index contributed by atoms with van der Waals surface area (Å²) in [5.41, 5.74) is 1.79. The quantitative estimate of drug-likeness (QED) is 0.683. The van der Waals surface area contributed by atoms with Crippen LogP contribution in [-0.4, -0.2) is 39.7 Å². The number of aromatic nitrogens is 4. The number of hydrogen-bond acceptors (Lipinski definition) is 6. The molecule has 0 aliphatic heterocycles. The third-order valence-corrected chi connectivity index (χ3v) is 4.32. The minimum absolute atomic E-state index is 0.0562. The minimum atomic E-state index is -0.0562. The van der Waals surface area contributed by atoms with E-state index in [2.05, 4.69) is 25.5 Å². The van der Waals surface area contributed by atoms with Crippen molar-refractivity contribution >= 4 is 17.2 Å². The van der Waals surface area contributed by atoms with Crippen molar-refractivity contribution in [3.63, 3.8) is 0 Å². The van der Waals surface area contributed by atoms with Crippen molar-refractivity contribution in [2.24, 2.45) is 0 Å². The first kappa shape index (κ1) is 16.1. The van der Waals surface area contributed by atoms with Gasteiger partial charge in [0, 0.05) is 11.9 Å². The molecule has 2 heterocycles. The monoisotopic (exact) mass is 343 g/mol. The zero-order chi connectivity index (χ0) is 16.8. The van der Waals surface area contributed by atoms with E-state index in [9.17, 15) is 4.79 Å². The van der Waals surface area contributed by atoms with Gasteiger partial charge >= 0.3 is 0 Å². The van der Waals surface area contributed by atoms with E-state index in [0.717, 1.165) is 28.4 Å². The number of nitrogens with zero attached hydrogens (tertiary/aromatic N) is 3. The molecule has 0 spiro atoms. The maximum atomic E-state index is 12.0. The number of thiazole rings is 1. The SMILES string of the molecule is COc1ccccc1CCNC(=O)Cc1csc(-c2ncn[nH]2)n1. The van der Waals surface area contributed by atoms with Gasteiger partial charge in [-0.3, -0.25) is 9.89 Å². The maximum absolute atomic E-state index is 12.0. The predicted octanol–water partition coefficient (Wildman–Crippen LogP) is 1.84. The molecular formula is C16H17N5O2S. The largest absolute Gasteiger partial charge is 0.496 e. The highest BCUT2D eigenvalue weighted by molar-refractivity contribution is 7.13. The Bertz CT molecular complexity index is 800. The topological polar surface area (TPSA) is 92.8 Å². The lowest BCUT2D eigenvalue weighted by Gasteiger charge is -2.08. The first-order valence-corrected chi connectivity index (χ1v) is 8.33. The molecule has 0 aliphatic rings. The van der Waals surface area contributed by atoms with E-state index in [4.69, 9.17) is 4.74 Å². The zero-order valence-electron chi connectivity index (χ0n) is 13.2. The Hall–Kier alpha value is -2.74. The average Bonchev–Trinajstić information content (AvgIpc) is 3.26. The van der Waals surface area contributed by atoms with Crippen molar-refractivity contribution in [2.45, 2.75) is 12.8 Å². The smallest absolute Gasteiger partial charge is 0.226 e. The molecule has 24 heavy (non-hydrogen) atoms. The van der Waals surface area contributed by atoms with Crippen LogP contribution in [0.15, 0.2) is 36.0 Å². The number of hydrogen-bond donors (Lipinski definition) is 2. The second-order valence-corrected chi connectivity index (χ2v) is 5.92. The number of carbonyl (C=O) groups excluding carboxylic acids is 1. The Balaban J connectivity index is 1.49. The lowest BCUT2D eigenvalue weighted by Crippen LogP contribution is -2.27. The Morgan fingerprint density at radius 2 is 2.25 bits per heavy atom. The second-order valence-electron chi connectivity index (χ2n) is 5.07. The van der Waals surface area contributed by atoms with Crippen LogP contribution in [0.4, 0.5) is 0 Å². The van der Waals surface area contributed by atoms with E-state index in [-0.39, 0.29) is 12.3 Å². The molecule has 0 atom stereocenters. The lowest BCUT2D eigenvalue weighted by atomic mass is 10.1. The van der Waals surface area contributed by atoms with Crippen LogP contribution < -0.4 is 10.1 Å². The Morgan fingerprint density at radius 3 is 3.04 bits per heavy atom. The molecule has 1 amide bonds. The number of nitrogens with one attached hydrogen (secondary N) is 2. The molecule has 124 valence electrons. The molecule has 7 nitrogen and oxygen atoms in total. The van der Waals surface area contributed by atoms with E-state index in [1.807, 2.05) is 29.6 Å². The highest BCUT2D eigenvalue weighted by atomic mass is 32.1. The van der Waals surface area contributed by atoms with Crippen molar-refractivity contribution in [1.82, 2.24) is 25.5 Å². The first-order chi connectivity index (χ1) is 11.8. The van der Waals surface area contributed by atoms with Gasteiger partial charge < -0.3 is 10.1 Å². The molecule has 3 aromatic rings. The number of amides is 1. The highest BCUT2D eigenvalue weighted by Crippen LogP contribution is 2.20. The standard InChI is InChI=1S/C16H17N5O2S/c1-23-13-5-3-2-4-11(13)6-7-17-14(22)8-12-9-24-16(20-12)15-18-10-19-21-15/h2-5,9-10H,6-8H2,1H3,(H,17,22)(H,18,19,21). The maximum Gasteiger partial charge on any atom is 0.226 e. The fourth-order valence-electron chi connectivity index (χ4n) is 2.28. The summed E-state index contributed by atoms with van der Waals surface area (Å²) in [4.78, 5) is 20.5. The van der Waals surface area contributed by atoms with E-state index in [1.165, 1.54) is 17.7 Å².